The minimum absolute atomic E-state index is 0. The van der Waals surface area contributed by atoms with E-state index in [0.717, 1.165) is 49.0 Å². The van der Waals surface area contributed by atoms with E-state index in [0.29, 0.717) is 12.0 Å². The van der Waals surface area contributed by atoms with Gasteiger partial charge in [-0.3, -0.25) is 9.88 Å². The standard InChI is InChI=1S/C36H44N4O.ClH/c41-36-18-10-4-1-2-5-11-20-39-22-17-30(35(25-39)23-26-13-7-3-6-12-21-40(26)34(35)36)29(24-36)32-33-28(16-19-37-32)27-14-8-9-15-31(27)38-33;/h1,4,7-9,13-16,19,24,26,30,34,38,41H,2-3,5-6,10-12,17-18,20-23,25H2;1H/b4-1-,13-7-;/t26-,30-,34+,35-,36-;/m0./s1. The number of allylic oxidation sites excluding steroid dienone is 4. The van der Waals surface area contributed by atoms with Crippen molar-refractivity contribution in [2.75, 3.05) is 26.2 Å². The largest absolute Gasteiger partial charge is 1.00 e. The Bertz CT molecular complexity index is 1540. The molecule has 6 heterocycles. The van der Waals surface area contributed by atoms with Gasteiger partial charge < -0.3 is 27.4 Å². The third-order valence-corrected chi connectivity index (χ3v) is 11.3. The van der Waals surface area contributed by atoms with Crippen molar-refractivity contribution >= 4 is 27.4 Å². The molecule has 5 aliphatic rings. The molecule has 5 nitrogen and oxygen atoms in total. The lowest BCUT2D eigenvalue weighted by atomic mass is 9.54. The number of halogens is 1. The van der Waals surface area contributed by atoms with Crippen molar-refractivity contribution < 1.29 is 22.4 Å². The molecule has 6 atom stereocenters. The van der Waals surface area contributed by atoms with E-state index >= 15 is 0 Å². The van der Waals surface area contributed by atoms with Crippen LogP contribution in [0, 0.1) is 11.3 Å². The van der Waals surface area contributed by atoms with E-state index in [4.69, 9.17) is 4.98 Å². The highest BCUT2D eigenvalue weighted by atomic mass is 35.5. The van der Waals surface area contributed by atoms with Gasteiger partial charge in [-0.05, 0) is 88.1 Å². The van der Waals surface area contributed by atoms with Crippen molar-refractivity contribution in [3.05, 3.63) is 72.6 Å². The summed E-state index contributed by atoms with van der Waals surface area (Å²) in [5.41, 5.74) is 3.82. The van der Waals surface area contributed by atoms with Crippen molar-refractivity contribution in [1.29, 1.82) is 0 Å². The Morgan fingerprint density at radius 2 is 1.81 bits per heavy atom. The van der Waals surface area contributed by atoms with Gasteiger partial charge in [0.25, 0.3) is 0 Å². The number of hydrogen-bond acceptors (Lipinski definition) is 3. The fraction of sp³-hybridized carbons (Fsp3) is 0.528. The summed E-state index contributed by atoms with van der Waals surface area (Å²) < 4.78 is 0. The van der Waals surface area contributed by atoms with Gasteiger partial charge in [0.1, 0.15) is 0 Å². The van der Waals surface area contributed by atoms with Gasteiger partial charge in [0, 0.05) is 46.3 Å². The molecule has 2 aromatic heterocycles. The van der Waals surface area contributed by atoms with Crippen LogP contribution in [-0.4, -0.2) is 63.8 Å². The molecule has 42 heavy (non-hydrogen) atoms. The van der Waals surface area contributed by atoms with Crippen LogP contribution in [0.25, 0.3) is 27.4 Å². The van der Waals surface area contributed by atoms with Crippen LogP contribution in [0.4, 0.5) is 0 Å². The lowest BCUT2D eigenvalue weighted by Gasteiger charge is -2.56. The fourth-order valence-corrected chi connectivity index (χ4v) is 9.77. The maximum absolute atomic E-state index is 13.1. The number of H-pyrrole nitrogens is 1. The summed E-state index contributed by atoms with van der Waals surface area (Å²) in [6, 6.07) is 11.3. The number of aromatic amines is 1. The van der Waals surface area contributed by atoms with Gasteiger partial charge in [0.05, 0.1) is 42.5 Å². The van der Waals surface area contributed by atoms with Crippen LogP contribution in [-0.2, 0) is 0 Å². The molecule has 2 saturated heterocycles. The van der Waals surface area contributed by atoms with Crippen molar-refractivity contribution in [1.82, 2.24) is 14.9 Å². The van der Waals surface area contributed by atoms with Crippen molar-refractivity contribution in [3.63, 3.8) is 0 Å². The van der Waals surface area contributed by atoms with E-state index in [9.17, 15) is 5.11 Å². The molecule has 6 heteroatoms. The van der Waals surface area contributed by atoms with Crippen molar-refractivity contribution in [2.24, 2.45) is 11.3 Å². The second kappa shape index (κ2) is 11.2. The summed E-state index contributed by atoms with van der Waals surface area (Å²) in [5, 5.41) is 15.6. The number of rotatable bonds is 1. The number of nitrogens with one attached hydrogen (secondary N) is 2. The molecule has 1 aliphatic carbocycles. The Balaban J connectivity index is 0.00000288. The summed E-state index contributed by atoms with van der Waals surface area (Å²) in [7, 11) is 0. The zero-order chi connectivity index (χ0) is 27.4. The quantitative estimate of drug-likeness (QED) is 0.385. The van der Waals surface area contributed by atoms with Crippen LogP contribution >= 0.6 is 0 Å². The fourth-order valence-electron chi connectivity index (χ4n) is 9.77. The number of benzene rings is 1. The number of pyridine rings is 1. The smallest absolute Gasteiger partial charge is 0.0999 e. The summed E-state index contributed by atoms with van der Waals surface area (Å²) in [5.74, 6) is 0.406. The predicted octanol–water partition coefficient (Wildman–Crippen LogP) is 2.44. The van der Waals surface area contributed by atoms with Crippen LogP contribution in [0.2, 0.25) is 0 Å². The van der Waals surface area contributed by atoms with Gasteiger partial charge in [0.15, 0.2) is 0 Å². The van der Waals surface area contributed by atoms with E-state index in [1.54, 1.807) is 4.90 Å². The topological polar surface area (TPSA) is 56.6 Å². The van der Waals surface area contributed by atoms with Gasteiger partial charge in [-0.25, -0.2) is 0 Å². The molecule has 1 unspecified atom stereocenters. The van der Waals surface area contributed by atoms with Crippen LogP contribution in [0.3, 0.4) is 0 Å². The molecule has 3 aromatic rings. The highest BCUT2D eigenvalue weighted by molar-refractivity contribution is 6.09. The molecule has 0 saturated carbocycles. The molecule has 1 spiro atoms. The monoisotopic (exact) mass is 584 g/mol. The molecule has 3 N–H and O–H groups in total. The SMILES string of the molecule is O[C@]12C=C(c3nccc4c3[nH]c3ccccc34)[C@@H]3CC[NH+](CCCC/C=C\CC1)C[C@@]31C[C@@H]3/C=C\CCCCN3[C@H]12.[Cl-]. The highest BCUT2D eigenvalue weighted by Crippen LogP contribution is 2.60. The van der Waals surface area contributed by atoms with E-state index in [2.05, 4.69) is 70.6 Å². The predicted molar refractivity (Wildman–Crippen MR) is 167 cm³/mol. The van der Waals surface area contributed by atoms with Crippen LogP contribution in [0.15, 0.2) is 66.9 Å². The Hall–Kier alpha value is -2.44. The number of para-hydroxylation sites is 1. The summed E-state index contributed by atoms with van der Waals surface area (Å²) in [6.07, 6.45) is 25.4. The first kappa shape index (κ1) is 28.3. The maximum atomic E-state index is 13.1. The molecule has 8 rings (SSSR count). The molecule has 222 valence electrons. The average molecular weight is 585 g/mol. The van der Waals surface area contributed by atoms with Crippen LogP contribution in [0.5, 0.6) is 0 Å². The Morgan fingerprint density at radius 3 is 2.76 bits per heavy atom. The summed E-state index contributed by atoms with van der Waals surface area (Å²) >= 11 is 0. The van der Waals surface area contributed by atoms with Crippen LogP contribution < -0.4 is 17.3 Å². The second-order valence-corrected chi connectivity index (χ2v) is 13.7. The Morgan fingerprint density at radius 1 is 0.952 bits per heavy atom. The highest BCUT2D eigenvalue weighted by Gasteiger charge is 2.67. The number of aromatic nitrogens is 2. The van der Waals surface area contributed by atoms with Crippen molar-refractivity contribution in [3.8, 4) is 0 Å². The van der Waals surface area contributed by atoms with E-state index in [1.807, 2.05) is 6.20 Å². The second-order valence-electron chi connectivity index (χ2n) is 13.7. The lowest BCUT2D eigenvalue weighted by Crippen LogP contribution is -3.15. The maximum Gasteiger partial charge on any atom is 0.0999 e. The summed E-state index contributed by atoms with van der Waals surface area (Å²) in [6.45, 7) is 4.73. The number of aliphatic hydroxyl groups is 1. The molecule has 0 amide bonds. The minimum Gasteiger partial charge on any atom is -1.00 e. The molecule has 3 bridgehead atoms. The zero-order valence-electron chi connectivity index (χ0n) is 24.7. The normalized spacial score (nSPS) is 36.7. The number of hydrogen-bond donors (Lipinski definition) is 3. The summed E-state index contributed by atoms with van der Waals surface area (Å²) in [4.78, 5) is 13.4. The van der Waals surface area contributed by atoms with E-state index in [-0.39, 0.29) is 23.9 Å². The third kappa shape index (κ3) is 4.51. The van der Waals surface area contributed by atoms with Gasteiger partial charge in [-0.2, -0.15) is 0 Å². The molecule has 2 fully saturated rings. The van der Waals surface area contributed by atoms with E-state index < -0.39 is 5.60 Å². The molecule has 4 aliphatic heterocycles. The minimum atomic E-state index is -0.885. The molecular formula is C36H45ClN4O. The first-order valence-corrected chi connectivity index (χ1v) is 16.4. The Kier molecular flexibility index (Phi) is 7.59. The average Bonchev–Trinajstić information content (AvgIpc) is 3.49. The zero-order valence-corrected chi connectivity index (χ0v) is 25.5. The van der Waals surface area contributed by atoms with Gasteiger partial charge in [-0.1, -0.05) is 42.5 Å². The molecule has 1 aromatic carbocycles. The van der Waals surface area contributed by atoms with Crippen LogP contribution in [0.1, 0.15) is 69.9 Å². The van der Waals surface area contributed by atoms with Gasteiger partial charge in [-0.15, -0.1) is 0 Å². The lowest BCUT2D eigenvalue weighted by molar-refractivity contribution is -0.914. The number of nitrogens with zero attached hydrogens (tertiary/aromatic N) is 2. The molecular weight excluding hydrogens is 540 g/mol. The van der Waals surface area contributed by atoms with Gasteiger partial charge in [0.2, 0.25) is 0 Å². The third-order valence-electron chi connectivity index (χ3n) is 11.3. The first-order valence-electron chi connectivity index (χ1n) is 16.4. The first-order chi connectivity index (χ1) is 20.2. The number of piperidine rings is 1. The Labute approximate surface area is 256 Å². The van der Waals surface area contributed by atoms with E-state index in [1.165, 1.54) is 74.5 Å². The van der Waals surface area contributed by atoms with Gasteiger partial charge >= 0.3 is 0 Å². The van der Waals surface area contributed by atoms with Crippen molar-refractivity contribution in [2.45, 2.75) is 81.9 Å². The molecule has 0 radical (unpaired) electrons. The number of fused-ring (bicyclic) bond motifs is 5. The number of quaternary nitrogens is 1.